The molecular weight excluding hydrogens is 344 g/mol. The van der Waals surface area contributed by atoms with Gasteiger partial charge in [-0.2, -0.15) is 0 Å². The highest BCUT2D eigenvalue weighted by molar-refractivity contribution is 5.92. The van der Waals surface area contributed by atoms with Gasteiger partial charge in [-0.15, -0.1) is 0 Å². The highest BCUT2D eigenvalue weighted by atomic mass is 16.5. The number of imidazole rings is 1. The summed E-state index contributed by atoms with van der Waals surface area (Å²) in [5, 5.41) is 0. The van der Waals surface area contributed by atoms with Gasteiger partial charge in [0.2, 0.25) is 5.91 Å². The molecule has 1 aromatic carbocycles. The average molecular weight is 368 g/mol. The normalized spacial score (nSPS) is 25.4. The van der Waals surface area contributed by atoms with Gasteiger partial charge in [0.25, 0.3) is 5.91 Å². The molecule has 0 N–H and O–H groups in total. The maximum atomic E-state index is 12.9. The SMILES string of the molecule is Cn1cncc1C(=O)N1CC[C@@]2(C)OCC(=O)N(Cc3ccccc3)[C@@H]2C1. The molecule has 27 heavy (non-hydrogen) atoms. The van der Waals surface area contributed by atoms with Crippen molar-refractivity contribution in [3.05, 3.63) is 54.1 Å². The number of piperidine rings is 1. The fourth-order valence-corrected chi connectivity index (χ4v) is 3.98. The third kappa shape index (κ3) is 3.23. The van der Waals surface area contributed by atoms with Crippen molar-refractivity contribution in [2.45, 2.75) is 31.5 Å². The fourth-order valence-electron chi connectivity index (χ4n) is 3.98. The van der Waals surface area contributed by atoms with Crippen molar-refractivity contribution in [2.75, 3.05) is 19.7 Å². The summed E-state index contributed by atoms with van der Waals surface area (Å²) in [5.41, 5.74) is 1.19. The average Bonchev–Trinajstić information content (AvgIpc) is 3.10. The Morgan fingerprint density at radius 2 is 2.11 bits per heavy atom. The van der Waals surface area contributed by atoms with Crippen molar-refractivity contribution in [2.24, 2.45) is 7.05 Å². The van der Waals surface area contributed by atoms with Crippen LogP contribution in [0.4, 0.5) is 0 Å². The zero-order chi connectivity index (χ0) is 19.0. The van der Waals surface area contributed by atoms with Crippen LogP contribution in [0.2, 0.25) is 0 Å². The molecule has 3 heterocycles. The first kappa shape index (κ1) is 17.7. The highest BCUT2D eigenvalue weighted by Crippen LogP contribution is 2.34. The minimum absolute atomic E-state index is 0.0313. The summed E-state index contributed by atoms with van der Waals surface area (Å²) in [6.45, 7) is 3.73. The lowest BCUT2D eigenvalue weighted by atomic mass is 9.85. The van der Waals surface area contributed by atoms with Crippen molar-refractivity contribution >= 4 is 11.8 Å². The molecule has 2 amide bonds. The first-order valence-electron chi connectivity index (χ1n) is 9.21. The van der Waals surface area contributed by atoms with E-state index >= 15 is 0 Å². The number of rotatable bonds is 3. The maximum absolute atomic E-state index is 12.9. The predicted octanol–water partition coefficient (Wildman–Crippen LogP) is 1.45. The standard InChI is InChI=1S/C20H24N4O3/c1-20-8-9-23(19(26)16-10-21-14-22(16)2)12-17(20)24(18(25)13-27-20)11-15-6-4-3-5-7-15/h3-7,10,14,17H,8-9,11-13H2,1-2H3/t17-,20-/m1/s1. The molecule has 2 atom stereocenters. The zero-order valence-electron chi connectivity index (χ0n) is 15.7. The number of nitrogens with zero attached hydrogens (tertiary/aromatic N) is 4. The second-order valence-corrected chi connectivity index (χ2v) is 7.52. The molecule has 0 saturated carbocycles. The van der Waals surface area contributed by atoms with Gasteiger partial charge < -0.3 is 19.1 Å². The molecule has 0 aliphatic carbocycles. The molecular formula is C20H24N4O3. The zero-order valence-corrected chi connectivity index (χ0v) is 15.7. The minimum atomic E-state index is -0.439. The molecule has 1 aromatic heterocycles. The van der Waals surface area contributed by atoms with Gasteiger partial charge in [0.1, 0.15) is 12.3 Å². The van der Waals surface area contributed by atoms with E-state index in [2.05, 4.69) is 4.98 Å². The van der Waals surface area contributed by atoms with Crippen molar-refractivity contribution in [3.8, 4) is 0 Å². The van der Waals surface area contributed by atoms with Gasteiger partial charge >= 0.3 is 0 Å². The highest BCUT2D eigenvalue weighted by Gasteiger charge is 2.49. The minimum Gasteiger partial charge on any atom is -0.363 e. The number of morpholine rings is 1. The number of amides is 2. The molecule has 0 radical (unpaired) electrons. The maximum Gasteiger partial charge on any atom is 0.272 e. The van der Waals surface area contributed by atoms with Gasteiger partial charge in [-0.25, -0.2) is 4.98 Å². The molecule has 0 bridgehead atoms. The van der Waals surface area contributed by atoms with Crippen LogP contribution in [0.15, 0.2) is 42.9 Å². The van der Waals surface area contributed by atoms with Crippen LogP contribution in [-0.4, -0.2) is 62.5 Å². The second-order valence-electron chi connectivity index (χ2n) is 7.52. The largest absolute Gasteiger partial charge is 0.363 e. The van der Waals surface area contributed by atoms with Crippen LogP contribution in [-0.2, 0) is 23.1 Å². The lowest BCUT2D eigenvalue weighted by molar-refractivity contribution is -0.186. The molecule has 142 valence electrons. The Morgan fingerprint density at radius 1 is 1.33 bits per heavy atom. The van der Waals surface area contributed by atoms with E-state index in [1.165, 1.54) is 0 Å². The van der Waals surface area contributed by atoms with Gasteiger partial charge in [-0.05, 0) is 18.9 Å². The summed E-state index contributed by atoms with van der Waals surface area (Å²) in [7, 11) is 1.81. The van der Waals surface area contributed by atoms with E-state index in [9.17, 15) is 9.59 Å². The molecule has 2 aliphatic heterocycles. The lowest BCUT2D eigenvalue weighted by Gasteiger charge is -2.52. The van der Waals surface area contributed by atoms with E-state index in [0.717, 1.165) is 5.56 Å². The number of benzene rings is 1. The number of fused-ring (bicyclic) bond motifs is 1. The monoisotopic (exact) mass is 368 g/mol. The van der Waals surface area contributed by atoms with E-state index in [1.54, 1.807) is 17.1 Å². The van der Waals surface area contributed by atoms with Crippen molar-refractivity contribution in [1.29, 1.82) is 0 Å². The Labute approximate surface area is 158 Å². The molecule has 4 rings (SSSR count). The van der Waals surface area contributed by atoms with Crippen LogP contribution in [0.3, 0.4) is 0 Å². The second kappa shape index (κ2) is 6.81. The summed E-state index contributed by atoms with van der Waals surface area (Å²) in [6, 6.07) is 9.76. The molecule has 2 aliphatic rings. The van der Waals surface area contributed by atoms with Gasteiger partial charge in [0, 0.05) is 26.7 Å². The molecule has 2 aromatic rings. The number of aryl methyl sites for hydroxylation is 1. The van der Waals surface area contributed by atoms with Gasteiger partial charge in [-0.1, -0.05) is 30.3 Å². The Morgan fingerprint density at radius 3 is 2.81 bits per heavy atom. The van der Waals surface area contributed by atoms with Crippen LogP contribution in [0.5, 0.6) is 0 Å². The van der Waals surface area contributed by atoms with Crippen LogP contribution >= 0.6 is 0 Å². The van der Waals surface area contributed by atoms with Crippen LogP contribution in [0.1, 0.15) is 29.4 Å². The fraction of sp³-hybridized carbons (Fsp3) is 0.450. The number of hydrogen-bond acceptors (Lipinski definition) is 4. The first-order chi connectivity index (χ1) is 13.0. The molecule has 0 unspecified atom stereocenters. The predicted molar refractivity (Wildman–Crippen MR) is 98.9 cm³/mol. The Bertz CT molecular complexity index is 850. The summed E-state index contributed by atoms with van der Waals surface area (Å²) >= 11 is 0. The number of aromatic nitrogens is 2. The van der Waals surface area contributed by atoms with Crippen molar-refractivity contribution < 1.29 is 14.3 Å². The third-order valence-corrected chi connectivity index (χ3v) is 5.72. The quantitative estimate of drug-likeness (QED) is 0.822. The molecule has 2 fully saturated rings. The van der Waals surface area contributed by atoms with E-state index in [0.29, 0.717) is 31.7 Å². The van der Waals surface area contributed by atoms with E-state index in [1.807, 2.05) is 54.1 Å². The molecule has 0 spiro atoms. The van der Waals surface area contributed by atoms with Crippen LogP contribution < -0.4 is 0 Å². The molecule has 7 nitrogen and oxygen atoms in total. The van der Waals surface area contributed by atoms with Gasteiger partial charge in [0.15, 0.2) is 0 Å². The van der Waals surface area contributed by atoms with Gasteiger partial charge in [-0.3, -0.25) is 9.59 Å². The Balaban J connectivity index is 1.59. The van der Waals surface area contributed by atoms with Gasteiger partial charge in [0.05, 0.1) is 24.2 Å². The number of ether oxygens (including phenoxy) is 1. The van der Waals surface area contributed by atoms with E-state index in [-0.39, 0.29) is 24.5 Å². The smallest absolute Gasteiger partial charge is 0.272 e. The third-order valence-electron chi connectivity index (χ3n) is 5.72. The lowest BCUT2D eigenvalue weighted by Crippen LogP contribution is -2.67. The summed E-state index contributed by atoms with van der Waals surface area (Å²) in [4.78, 5) is 33.3. The number of carbonyl (C=O) groups is 2. The first-order valence-corrected chi connectivity index (χ1v) is 9.21. The Hall–Kier alpha value is -2.67. The number of hydrogen-bond donors (Lipinski definition) is 0. The molecule has 7 heteroatoms. The number of likely N-dealkylation sites (tertiary alicyclic amines) is 1. The van der Waals surface area contributed by atoms with E-state index in [4.69, 9.17) is 4.74 Å². The van der Waals surface area contributed by atoms with Crippen molar-refractivity contribution in [3.63, 3.8) is 0 Å². The molecule has 2 saturated heterocycles. The Kier molecular flexibility index (Phi) is 4.47. The summed E-state index contributed by atoms with van der Waals surface area (Å²) in [5.74, 6) is -0.0918. The van der Waals surface area contributed by atoms with Crippen LogP contribution in [0.25, 0.3) is 0 Å². The summed E-state index contributed by atoms with van der Waals surface area (Å²) in [6.07, 6.45) is 3.90. The van der Waals surface area contributed by atoms with Crippen molar-refractivity contribution in [1.82, 2.24) is 19.4 Å². The van der Waals surface area contributed by atoms with Crippen LogP contribution in [0, 0.1) is 0 Å². The summed E-state index contributed by atoms with van der Waals surface area (Å²) < 4.78 is 7.67. The topological polar surface area (TPSA) is 67.7 Å². The van der Waals surface area contributed by atoms with E-state index < -0.39 is 5.60 Å². The number of carbonyl (C=O) groups excluding carboxylic acids is 2.